The number of rotatable bonds is 6. The van der Waals surface area contributed by atoms with Gasteiger partial charge in [-0.3, -0.25) is 14.9 Å². The maximum Gasteiger partial charge on any atom is 0.409 e. The molecule has 1 aliphatic heterocycles. The van der Waals surface area contributed by atoms with Crippen LogP contribution in [0.3, 0.4) is 0 Å². The zero-order valence-corrected chi connectivity index (χ0v) is 24.5. The highest BCUT2D eigenvalue weighted by Crippen LogP contribution is 2.38. The number of nitrogens with zero attached hydrogens (tertiary/aromatic N) is 4. The molecule has 0 saturated carbocycles. The highest BCUT2D eigenvalue weighted by molar-refractivity contribution is 7.15. The average Bonchev–Trinajstić information content (AvgIpc) is 3.39. The van der Waals surface area contributed by atoms with Gasteiger partial charge in [0.05, 0.1) is 5.71 Å². The molecule has 0 fully saturated rings. The second-order valence-corrected chi connectivity index (χ2v) is 11.9. The van der Waals surface area contributed by atoms with Crippen LogP contribution in [0.1, 0.15) is 60.2 Å². The number of fused-ring (bicyclic) bond motifs is 3. The number of ether oxygens (including phenoxy) is 2. The molecule has 3 heterocycles. The number of aryl methyl sites for hydroxylation is 2. The largest absolute Gasteiger partial charge is 0.482 e. The zero-order valence-electron chi connectivity index (χ0n) is 23.7. The normalized spacial score (nSPS) is 14.4. The average molecular weight is 574 g/mol. The predicted octanol–water partition coefficient (Wildman–Crippen LogP) is 5.76. The van der Waals surface area contributed by atoms with E-state index in [0.29, 0.717) is 17.4 Å². The standard InChI is InChI=1S/C30H31N5O5S/c1-16-17(2)41-28-24(16)25(31-26(27-34-33-18(3)35(27)28)32-29(38)40-30(4,5)6)21-9-7-19(8-10-21)20-11-13-22(14-12-20)39-15-23(36)37/h7-14,26H,15H2,1-6H3,(H,32,38)(H,36,37). The van der Waals surface area contributed by atoms with E-state index in [0.717, 1.165) is 43.4 Å². The van der Waals surface area contributed by atoms with Crippen molar-refractivity contribution in [3.05, 3.63) is 81.7 Å². The Morgan fingerprint density at radius 3 is 2.20 bits per heavy atom. The fourth-order valence-electron chi connectivity index (χ4n) is 4.55. The lowest BCUT2D eigenvalue weighted by molar-refractivity contribution is -0.139. The summed E-state index contributed by atoms with van der Waals surface area (Å²) in [6, 6.07) is 15.3. The van der Waals surface area contributed by atoms with Crippen molar-refractivity contribution in [1.29, 1.82) is 0 Å². The van der Waals surface area contributed by atoms with E-state index in [2.05, 4.69) is 29.4 Å². The van der Waals surface area contributed by atoms with Crippen molar-refractivity contribution in [2.45, 2.75) is 53.3 Å². The number of hydrogen-bond donors (Lipinski definition) is 2. The first-order valence-corrected chi connectivity index (χ1v) is 13.9. The number of aromatic nitrogens is 3. The van der Waals surface area contributed by atoms with E-state index < -0.39 is 30.4 Å². The quantitative estimate of drug-likeness (QED) is 0.300. The number of carboxylic acids is 1. The van der Waals surface area contributed by atoms with Gasteiger partial charge in [0.15, 0.2) is 18.6 Å². The Bertz CT molecular complexity index is 1650. The Morgan fingerprint density at radius 2 is 1.59 bits per heavy atom. The van der Waals surface area contributed by atoms with Crippen molar-refractivity contribution in [1.82, 2.24) is 20.1 Å². The monoisotopic (exact) mass is 573 g/mol. The molecule has 212 valence electrons. The fraction of sp³-hybridized carbons (Fsp3) is 0.300. The lowest BCUT2D eigenvalue weighted by atomic mass is 9.97. The summed E-state index contributed by atoms with van der Waals surface area (Å²) >= 11 is 1.64. The van der Waals surface area contributed by atoms with Crippen LogP contribution >= 0.6 is 11.3 Å². The second-order valence-electron chi connectivity index (χ2n) is 10.7. The minimum Gasteiger partial charge on any atom is -0.482 e. The molecular weight excluding hydrogens is 542 g/mol. The van der Waals surface area contributed by atoms with E-state index in [1.165, 1.54) is 0 Å². The van der Waals surface area contributed by atoms with Crippen LogP contribution in [0.4, 0.5) is 4.79 Å². The van der Waals surface area contributed by atoms with Gasteiger partial charge in [-0.15, -0.1) is 21.5 Å². The predicted molar refractivity (Wildman–Crippen MR) is 156 cm³/mol. The van der Waals surface area contributed by atoms with Gasteiger partial charge in [-0.25, -0.2) is 9.59 Å². The SMILES string of the molecule is Cc1sc2c(c1C)C(c1ccc(-c3ccc(OCC(=O)O)cc3)cc1)=NC(NC(=O)OC(C)(C)C)c1nnc(C)n1-2. The summed E-state index contributed by atoms with van der Waals surface area (Å²) in [4.78, 5) is 29.8. The molecule has 5 rings (SSSR count). The molecule has 1 atom stereocenters. The first-order valence-electron chi connectivity index (χ1n) is 13.1. The van der Waals surface area contributed by atoms with Gasteiger partial charge in [-0.1, -0.05) is 36.4 Å². The molecule has 1 amide bonds. The molecule has 0 saturated heterocycles. The van der Waals surface area contributed by atoms with Crippen molar-refractivity contribution >= 4 is 29.1 Å². The van der Waals surface area contributed by atoms with Gasteiger partial charge in [0.2, 0.25) is 0 Å². The van der Waals surface area contributed by atoms with Crippen LogP contribution in [-0.4, -0.2) is 49.9 Å². The Kier molecular flexibility index (Phi) is 7.39. The van der Waals surface area contributed by atoms with Gasteiger partial charge in [0.1, 0.15) is 22.2 Å². The summed E-state index contributed by atoms with van der Waals surface area (Å²) in [6.45, 7) is 11.1. The van der Waals surface area contributed by atoms with Crippen LogP contribution in [0.2, 0.25) is 0 Å². The van der Waals surface area contributed by atoms with E-state index in [4.69, 9.17) is 19.6 Å². The van der Waals surface area contributed by atoms with Crippen LogP contribution < -0.4 is 10.1 Å². The van der Waals surface area contributed by atoms with Crippen molar-refractivity contribution in [3.63, 3.8) is 0 Å². The molecule has 41 heavy (non-hydrogen) atoms. The molecule has 1 aliphatic rings. The number of carbonyl (C=O) groups excluding carboxylic acids is 1. The number of thiophene rings is 1. The number of nitrogens with one attached hydrogen (secondary N) is 1. The van der Waals surface area contributed by atoms with Gasteiger partial charge >= 0.3 is 12.1 Å². The summed E-state index contributed by atoms with van der Waals surface area (Å²) < 4.78 is 12.7. The van der Waals surface area contributed by atoms with E-state index in [9.17, 15) is 9.59 Å². The first-order chi connectivity index (χ1) is 19.4. The van der Waals surface area contributed by atoms with E-state index in [1.54, 1.807) is 23.5 Å². The Balaban J connectivity index is 1.54. The maximum atomic E-state index is 12.8. The van der Waals surface area contributed by atoms with E-state index >= 15 is 0 Å². The minimum atomic E-state index is -1.02. The molecule has 0 spiro atoms. The number of alkyl carbamates (subject to hydrolysis) is 1. The van der Waals surface area contributed by atoms with Crippen molar-refractivity contribution in [2.75, 3.05) is 6.61 Å². The Morgan fingerprint density at radius 1 is 0.976 bits per heavy atom. The highest BCUT2D eigenvalue weighted by Gasteiger charge is 2.33. The number of hydrogen-bond acceptors (Lipinski definition) is 8. The summed E-state index contributed by atoms with van der Waals surface area (Å²) in [5.41, 5.74) is 4.94. The molecule has 2 N–H and O–H groups in total. The van der Waals surface area contributed by atoms with E-state index in [1.807, 2.05) is 68.7 Å². The lowest BCUT2D eigenvalue weighted by Gasteiger charge is -2.21. The number of amides is 1. The first kappa shape index (κ1) is 28.0. The molecule has 0 aliphatic carbocycles. The molecule has 0 radical (unpaired) electrons. The van der Waals surface area contributed by atoms with Gasteiger partial charge < -0.3 is 14.6 Å². The van der Waals surface area contributed by atoms with Gasteiger partial charge in [-0.2, -0.15) is 0 Å². The second kappa shape index (κ2) is 10.8. The molecule has 11 heteroatoms. The third-order valence-electron chi connectivity index (χ3n) is 6.52. The molecular formula is C30H31N5O5S. The van der Waals surface area contributed by atoms with Crippen LogP contribution in [0.5, 0.6) is 5.75 Å². The van der Waals surface area contributed by atoms with Crippen LogP contribution in [-0.2, 0) is 9.53 Å². The Labute approximate surface area is 241 Å². The van der Waals surface area contributed by atoms with Gasteiger partial charge in [-0.05, 0) is 70.4 Å². The number of carbonyl (C=O) groups is 2. The topological polar surface area (TPSA) is 128 Å². The number of aliphatic carboxylic acids is 1. The fourth-order valence-corrected chi connectivity index (χ4v) is 5.76. The smallest absolute Gasteiger partial charge is 0.409 e. The van der Waals surface area contributed by atoms with Crippen molar-refractivity contribution in [2.24, 2.45) is 4.99 Å². The van der Waals surface area contributed by atoms with Crippen molar-refractivity contribution < 1.29 is 24.2 Å². The molecule has 2 aromatic heterocycles. The molecule has 0 bridgehead atoms. The van der Waals surface area contributed by atoms with Crippen molar-refractivity contribution in [3.8, 4) is 21.9 Å². The van der Waals surface area contributed by atoms with Gasteiger partial charge in [0.25, 0.3) is 0 Å². The summed E-state index contributed by atoms with van der Waals surface area (Å²) in [6.07, 6.45) is -1.42. The molecule has 10 nitrogen and oxygen atoms in total. The van der Waals surface area contributed by atoms with E-state index in [-0.39, 0.29) is 0 Å². The van der Waals surface area contributed by atoms with Crippen LogP contribution in [0, 0.1) is 20.8 Å². The summed E-state index contributed by atoms with van der Waals surface area (Å²) in [5.74, 6) is 0.666. The molecule has 4 aromatic rings. The minimum absolute atomic E-state index is 0.390. The maximum absolute atomic E-state index is 12.8. The number of carboxylic acid groups (broad SMARTS) is 1. The number of benzene rings is 2. The third-order valence-corrected chi connectivity index (χ3v) is 7.71. The molecule has 2 aromatic carbocycles. The third kappa shape index (κ3) is 5.85. The lowest BCUT2D eigenvalue weighted by Crippen LogP contribution is -2.35. The van der Waals surface area contributed by atoms with Crippen LogP contribution in [0.15, 0.2) is 53.5 Å². The summed E-state index contributed by atoms with van der Waals surface area (Å²) in [7, 11) is 0. The molecule has 1 unspecified atom stereocenters. The van der Waals surface area contributed by atoms with Crippen LogP contribution in [0.25, 0.3) is 16.1 Å². The Hall–Kier alpha value is -4.51. The number of aliphatic imine (C=N–C) groups is 1. The summed E-state index contributed by atoms with van der Waals surface area (Å²) in [5, 5.41) is 21.4. The zero-order chi connectivity index (χ0) is 29.5. The highest BCUT2D eigenvalue weighted by atomic mass is 32.1. The van der Waals surface area contributed by atoms with Gasteiger partial charge in [0, 0.05) is 16.0 Å².